The first-order chi connectivity index (χ1) is 9.45. The molecule has 2 aromatic rings. The molecule has 0 fully saturated rings. The molecule has 3 rings (SSSR count). The third-order valence-electron chi connectivity index (χ3n) is 3.42. The molecule has 0 spiro atoms. The number of hydrogen-bond donors (Lipinski definition) is 0. The number of alkyl halides is 3. The van der Waals surface area contributed by atoms with Gasteiger partial charge in [0.15, 0.2) is 0 Å². The number of fused-ring (bicyclic) bond motifs is 1. The molecule has 0 saturated carbocycles. The minimum atomic E-state index is -4.29. The van der Waals surface area contributed by atoms with Crippen LogP contribution in [0, 0.1) is 6.42 Å². The third kappa shape index (κ3) is 2.24. The monoisotopic (exact) mass is 273 g/mol. The van der Waals surface area contributed by atoms with Gasteiger partial charge in [-0.1, -0.05) is 42.0 Å². The normalized spacial score (nSPS) is 14.1. The van der Waals surface area contributed by atoms with Crippen molar-refractivity contribution in [3.63, 3.8) is 0 Å². The van der Waals surface area contributed by atoms with Gasteiger partial charge in [0.25, 0.3) is 0 Å². The number of allylic oxidation sites excluding steroid dienone is 1. The van der Waals surface area contributed by atoms with Crippen LogP contribution in [0.25, 0.3) is 17.2 Å². The molecule has 0 aromatic heterocycles. The van der Waals surface area contributed by atoms with Crippen molar-refractivity contribution < 1.29 is 13.2 Å². The Labute approximate surface area is 115 Å². The van der Waals surface area contributed by atoms with Crippen LogP contribution in [-0.2, 0) is 6.18 Å². The van der Waals surface area contributed by atoms with Crippen LogP contribution in [0.1, 0.15) is 23.6 Å². The summed E-state index contributed by atoms with van der Waals surface area (Å²) in [5.74, 6) is 0. The summed E-state index contributed by atoms with van der Waals surface area (Å²) in [6.45, 7) is 2.01. The van der Waals surface area contributed by atoms with Crippen LogP contribution in [-0.4, -0.2) is 0 Å². The second-order valence-corrected chi connectivity index (χ2v) is 4.92. The number of halogens is 3. The molecule has 101 valence electrons. The topological polar surface area (TPSA) is 0 Å². The van der Waals surface area contributed by atoms with Gasteiger partial charge in [0, 0.05) is 6.42 Å². The summed E-state index contributed by atoms with van der Waals surface area (Å²) in [6, 6.07) is 11.2. The Balaban J connectivity index is 2.05. The third-order valence-corrected chi connectivity index (χ3v) is 3.42. The first-order valence-corrected chi connectivity index (χ1v) is 6.29. The first kappa shape index (κ1) is 13.0. The van der Waals surface area contributed by atoms with E-state index in [0.29, 0.717) is 0 Å². The van der Waals surface area contributed by atoms with Gasteiger partial charge in [-0.2, -0.15) is 13.2 Å². The van der Waals surface area contributed by atoms with Gasteiger partial charge in [-0.05, 0) is 41.3 Å². The molecular weight excluding hydrogens is 261 g/mol. The molecular formula is C17H12F3. The second-order valence-electron chi connectivity index (χ2n) is 4.92. The summed E-state index contributed by atoms with van der Waals surface area (Å²) in [4.78, 5) is 0. The fourth-order valence-electron chi connectivity index (χ4n) is 2.48. The van der Waals surface area contributed by atoms with E-state index in [1.807, 2.05) is 25.1 Å². The summed E-state index contributed by atoms with van der Waals surface area (Å²) in [5.41, 5.74) is 4.48. The van der Waals surface area contributed by atoms with Gasteiger partial charge >= 0.3 is 6.18 Å². The number of rotatable bonds is 1. The van der Waals surface area contributed by atoms with Crippen LogP contribution in [0.5, 0.6) is 0 Å². The maximum absolute atomic E-state index is 12.6. The van der Waals surface area contributed by atoms with E-state index < -0.39 is 11.7 Å². The van der Waals surface area contributed by atoms with E-state index in [0.717, 1.165) is 40.0 Å². The van der Waals surface area contributed by atoms with Crippen LogP contribution < -0.4 is 0 Å². The molecule has 0 bridgehead atoms. The lowest BCUT2D eigenvalue weighted by Gasteiger charge is -2.10. The molecule has 1 radical (unpaired) electrons. The molecule has 0 unspecified atom stereocenters. The summed E-state index contributed by atoms with van der Waals surface area (Å²) >= 11 is 0. The van der Waals surface area contributed by atoms with Gasteiger partial charge in [0.1, 0.15) is 0 Å². The maximum Gasteiger partial charge on any atom is 0.416 e. The van der Waals surface area contributed by atoms with Crippen molar-refractivity contribution in [2.75, 3.05) is 0 Å². The maximum atomic E-state index is 12.6. The molecule has 3 heteroatoms. The van der Waals surface area contributed by atoms with Crippen LogP contribution in [0.15, 0.2) is 48.0 Å². The average Bonchev–Trinajstić information content (AvgIpc) is 2.78. The predicted octanol–water partition coefficient (Wildman–Crippen LogP) is 5.34. The van der Waals surface area contributed by atoms with Crippen LogP contribution >= 0.6 is 0 Å². The molecule has 0 heterocycles. The van der Waals surface area contributed by atoms with E-state index in [-0.39, 0.29) is 0 Å². The number of benzene rings is 2. The van der Waals surface area contributed by atoms with Gasteiger partial charge in [0.05, 0.1) is 5.56 Å². The molecule has 0 atom stereocenters. The molecule has 0 aliphatic heterocycles. The lowest BCUT2D eigenvalue weighted by atomic mass is 9.96. The zero-order valence-corrected chi connectivity index (χ0v) is 10.8. The van der Waals surface area contributed by atoms with Gasteiger partial charge < -0.3 is 0 Å². The Morgan fingerprint density at radius 1 is 0.900 bits per heavy atom. The van der Waals surface area contributed by atoms with Gasteiger partial charge in [-0.15, -0.1) is 0 Å². The van der Waals surface area contributed by atoms with Gasteiger partial charge in [-0.25, -0.2) is 0 Å². The van der Waals surface area contributed by atoms with Crippen molar-refractivity contribution >= 4 is 6.08 Å². The quantitative estimate of drug-likeness (QED) is 0.657. The van der Waals surface area contributed by atoms with Crippen molar-refractivity contribution in [1.29, 1.82) is 0 Å². The van der Waals surface area contributed by atoms with E-state index in [2.05, 4.69) is 12.5 Å². The van der Waals surface area contributed by atoms with E-state index in [9.17, 15) is 13.2 Å². The largest absolute Gasteiger partial charge is 0.416 e. The minimum absolute atomic E-state index is 0.618. The number of hydrogen-bond acceptors (Lipinski definition) is 0. The van der Waals surface area contributed by atoms with E-state index in [1.54, 1.807) is 0 Å². The Kier molecular flexibility index (Phi) is 2.93. The standard InChI is InChI=1S/C17H12F3/c1-11-9-13-3-2-4-15(16(13)10-11)12-5-7-14(8-6-12)17(18,19)20/h2-10H,1H3. The highest BCUT2D eigenvalue weighted by Gasteiger charge is 2.30. The van der Waals surface area contributed by atoms with E-state index in [1.165, 1.54) is 12.1 Å². The summed E-state index contributed by atoms with van der Waals surface area (Å²) in [7, 11) is 0. The van der Waals surface area contributed by atoms with Crippen LogP contribution in [0.3, 0.4) is 0 Å². The summed E-state index contributed by atoms with van der Waals surface area (Å²) in [6.07, 6.45) is -0.160. The Morgan fingerprint density at radius 3 is 2.25 bits per heavy atom. The fraction of sp³-hybridized carbons (Fsp3) is 0.118. The van der Waals surface area contributed by atoms with Crippen molar-refractivity contribution in [2.24, 2.45) is 0 Å². The first-order valence-electron chi connectivity index (χ1n) is 6.29. The Bertz CT molecular complexity index is 676. The van der Waals surface area contributed by atoms with Gasteiger partial charge in [0.2, 0.25) is 0 Å². The molecule has 20 heavy (non-hydrogen) atoms. The summed E-state index contributed by atoms with van der Waals surface area (Å²) < 4.78 is 37.7. The molecule has 0 nitrogen and oxygen atoms in total. The zero-order valence-electron chi connectivity index (χ0n) is 10.8. The van der Waals surface area contributed by atoms with Crippen molar-refractivity contribution in [2.45, 2.75) is 13.1 Å². The Hall–Kier alpha value is -2.03. The second kappa shape index (κ2) is 4.51. The molecule has 1 aliphatic carbocycles. The Morgan fingerprint density at radius 2 is 1.60 bits per heavy atom. The molecule has 0 amide bonds. The fourth-order valence-corrected chi connectivity index (χ4v) is 2.48. The van der Waals surface area contributed by atoms with Crippen molar-refractivity contribution in [1.82, 2.24) is 0 Å². The van der Waals surface area contributed by atoms with Crippen LogP contribution in [0.2, 0.25) is 0 Å². The molecule has 0 saturated heterocycles. The van der Waals surface area contributed by atoms with E-state index >= 15 is 0 Å². The minimum Gasteiger partial charge on any atom is -0.166 e. The smallest absolute Gasteiger partial charge is 0.166 e. The lowest BCUT2D eigenvalue weighted by molar-refractivity contribution is -0.137. The zero-order chi connectivity index (χ0) is 14.3. The molecule has 2 aromatic carbocycles. The lowest BCUT2D eigenvalue weighted by Crippen LogP contribution is -2.04. The van der Waals surface area contributed by atoms with Crippen LogP contribution in [0.4, 0.5) is 13.2 Å². The van der Waals surface area contributed by atoms with Gasteiger partial charge in [-0.3, -0.25) is 0 Å². The SMILES string of the molecule is CC1=Cc2c(cccc2-c2ccc(C(F)(F)F)cc2)[CH]1. The van der Waals surface area contributed by atoms with Crippen molar-refractivity contribution in [3.05, 3.63) is 71.1 Å². The molecule has 1 aliphatic rings. The highest BCUT2D eigenvalue weighted by atomic mass is 19.4. The predicted molar refractivity (Wildman–Crippen MR) is 73.9 cm³/mol. The van der Waals surface area contributed by atoms with E-state index in [4.69, 9.17) is 0 Å². The van der Waals surface area contributed by atoms with Crippen molar-refractivity contribution in [3.8, 4) is 11.1 Å². The highest BCUT2D eigenvalue weighted by molar-refractivity contribution is 5.83. The average molecular weight is 273 g/mol. The summed E-state index contributed by atoms with van der Waals surface area (Å²) in [5, 5.41) is 0. The molecule has 0 N–H and O–H groups in total. The highest BCUT2D eigenvalue weighted by Crippen LogP contribution is 2.36.